The molecule has 0 fully saturated rings. The van der Waals surface area contributed by atoms with Crippen molar-refractivity contribution < 1.29 is 9.18 Å². The number of nitrogens with zero attached hydrogens (tertiary/aromatic N) is 3. The van der Waals surface area contributed by atoms with Crippen molar-refractivity contribution in [1.29, 1.82) is 0 Å². The summed E-state index contributed by atoms with van der Waals surface area (Å²) in [5.41, 5.74) is 7.79. The number of pyridine rings is 1. The van der Waals surface area contributed by atoms with Crippen molar-refractivity contribution in [2.24, 2.45) is 5.92 Å². The number of halogens is 1. The number of carbonyl (C=O) groups is 1. The number of carbonyl (C=O) groups excluding carboxylic acids is 1. The first-order chi connectivity index (χ1) is 18.9. The van der Waals surface area contributed by atoms with Crippen LogP contribution in [0.2, 0.25) is 0 Å². The summed E-state index contributed by atoms with van der Waals surface area (Å²) in [6.45, 7) is 5.85. The third-order valence-electron chi connectivity index (χ3n) is 6.87. The molecular weight excluding hydrogens is 491 g/mol. The predicted octanol–water partition coefficient (Wildman–Crippen LogP) is 7.13. The largest absolute Gasteiger partial charge is 0.335 e. The highest BCUT2D eigenvalue weighted by Gasteiger charge is 2.18. The Morgan fingerprint density at radius 1 is 0.974 bits per heavy atom. The van der Waals surface area contributed by atoms with E-state index in [1.54, 1.807) is 30.6 Å². The lowest BCUT2D eigenvalue weighted by molar-refractivity contribution is -0.118. The summed E-state index contributed by atoms with van der Waals surface area (Å²) in [5, 5.41) is 11.6. The smallest absolute Gasteiger partial charge is 0.226 e. The van der Waals surface area contributed by atoms with Crippen LogP contribution in [0.5, 0.6) is 0 Å². The van der Waals surface area contributed by atoms with Gasteiger partial charge in [-0.1, -0.05) is 51.1 Å². The number of fused-ring (bicyclic) bond motifs is 2. The second kappa shape index (κ2) is 9.79. The molecule has 3 aromatic carbocycles. The molecule has 7 nitrogen and oxygen atoms in total. The zero-order chi connectivity index (χ0) is 27.1. The average Bonchev–Trinajstić information content (AvgIpc) is 3.56. The van der Waals surface area contributed by atoms with Gasteiger partial charge in [-0.25, -0.2) is 9.37 Å². The summed E-state index contributed by atoms with van der Waals surface area (Å²) in [5.74, 6) is 0.105. The number of imidazole rings is 1. The molecule has 3 N–H and O–H groups in total. The molecule has 3 aromatic heterocycles. The van der Waals surface area contributed by atoms with Crippen molar-refractivity contribution in [2.75, 3.05) is 5.32 Å². The zero-order valence-corrected chi connectivity index (χ0v) is 21.8. The van der Waals surface area contributed by atoms with Crippen LogP contribution in [0, 0.1) is 11.7 Å². The van der Waals surface area contributed by atoms with Crippen molar-refractivity contribution in [3.8, 4) is 33.8 Å². The maximum atomic E-state index is 14.6. The Morgan fingerprint density at radius 2 is 1.82 bits per heavy atom. The topological polar surface area (TPSA) is 99.3 Å². The number of rotatable bonds is 6. The van der Waals surface area contributed by atoms with Gasteiger partial charge in [0.25, 0.3) is 0 Å². The molecule has 0 spiro atoms. The number of amides is 1. The average molecular weight is 519 g/mol. The van der Waals surface area contributed by atoms with E-state index in [2.05, 4.69) is 44.5 Å². The molecule has 6 aromatic rings. The van der Waals surface area contributed by atoms with Gasteiger partial charge >= 0.3 is 0 Å². The van der Waals surface area contributed by atoms with E-state index in [4.69, 9.17) is 4.98 Å². The molecule has 0 aliphatic rings. The van der Waals surface area contributed by atoms with Crippen molar-refractivity contribution >= 4 is 33.5 Å². The van der Waals surface area contributed by atoms with Crippen molar-refractivity contribution in [3.05, 3.63) is 84.4 Å². The number of H-pyrrole nitrogens is 2. The Balaban J connectivity index is 1.44. The summed E-state index contributed by atoms with van der Waals surface area (Å²) in [7, 11) is 0. The van der Waals surface area contributed by atoms with Crippen LogP contribution in [-0.4, -0.2) is 31.1 Å². The zero-order valence-electron chi connectivity index (χ0n) is 21.8. The summed E-state index contributed by atoms with van der Waals surface area (Å²) in [6.07, 6.45) is 4.15. The fraction of sp³-hybridized carbons (Fsp3) is 0.161. The quantitative estimate of drug-likeness (QED) is 0.218. The van der Waals surface area contributed by atoms with Gasteiger partial charge in [-0.15, -0.1) is 0 Å². The third-order valence-corrected chi connectivity index (χ3v) is 6.87. The molecule has 0 saturated carbocycles. The maximum absolute atomic E-state index is 14.6. The Kier molecular flexibility index (Phi) is 6.15. The normalized spacial score (nSPS) is 11.5. The molecule has 8 heteroatoms. The highest BCUT2D eigenvalue weighted by molar-refractivity contribution is 5.98. The van der Waals surface area contributed by atoms with E-state index in [0.717, 1.165) is 39.7 Å². The highest BCUT2D eigenvalue weighted by Crippen LogP contribution is 2.34. The molecule has 0 unspecified atom stereocenters. The summed E-state index contributed by atoms with van der Waals surface area (Å²) in [6, 6.07) is 18.8. The Bertz CT molecular complexity index is 1850. The van der Waals surface area contributed by atoms with Gasteiger partial charge in [-0.2, -0.15) is 5.10 Å². The second-order valence-electron chi connectivity index (χ2n) is 9.90. The Hall–Kier alpha value is -4.85. The molecule has 194 valence electrons. The standard InChI is InChI=1S/C31H27FN6O/c1-4-18-11-20(13-21(12-18)34-31(39)17(2)3)19-9-10-26-23(14-19)29(38-37-26)30-35-27-16-33-15-24(28(27)36-30)22-7-5-6-8-25(22)32/h5-17H,4H2,1-3H3,(H,34,39)(H,35,36)(H,37,38). The van der Waals surface area contributed by atoms with E-state index in [9.17, 15) is 9.18 Å². The van der Waals surface area contributed by atoms with Crippen LogP contribution < -0.4 is 5.32 Å². The van der Waals surface area contributed by atoms with Crippen LogP contribution in [0.4, 0.5) is 10.1 Å². The molecule has 0 aliphatic carbocycles. The van der Waals surface area contributed by atoms with Gasteiger partial charge in [0.1, 0.15) is 17.0 Å². The van der Waals surface area contributed by atoms with Crippen molar-refractivity contribution in [2.45, 2.75) is 27.2 Å². The van der Waals surface area contributed by atoms with E-state index in [1.807, 2.05) is 38.1 Å². The van der Waals surface area contributed by atoms with Gasteiger partial charge in [0, 0.05) is 34.3 Å². The summed E-state index contributed by atoms with van der Waals surface area (Å²) >= 11 is 0. The number of benzene rings is 3. The lowest BCUT2D eigenvalue weighted by Gasteiger charge is -2.12. The number of aromatic nitrogens is 5. The highest BCUT2D eigenvalue weighted by atomic mass is 19.1. The number of aromatic amines is 2. The van der Waals surface area contributed by atoms with Gasteiger partial charge in [-0.05, 0) is 53.4 Å². The number of hydrogen-bond acceptors (Lipinski definition) is 4. The van der Waals surface area contributed by atoms with Gasteiger partial charge in [0.05, 0.1) is 17.2 Å². The van der Waals surface area contributed by atoms with Gasteiger partial charge < -0.3 is 10.3 Å². The summed E-state index contributed by atoms with van der Waals surface area (Å²) < 4.78 is 14.6. The first-order valence-corrected chi connectivity index (χ1v) is 12.9. The monoisotopic (exact) mass is 518 g/mol. The molecule has 0 radical (unpaired) electrons. The Labute approximate surface area is 224 Å². The number of aryl methyl sites for hydroxylation is 1. The minimum atomic E-state index is -0.329. The first-order valence-electron chi connectivity index (χ1n) is 12.9. The SMILES string of the molecule is CCc1cc(NC(=O)C(C)C)cc(-c2ccc3[nH]nc(-c4nc5c(-c6ccccc6F)cncc5[nH]4)c3c2)c1. The fourth-order valence-electron chi connectivity index (χ4n) is 4.72. The van der Waals surface area contributed by atoms with Crippen LogP contribution in [-0.2, 0) is 11.2 Å². The molecule has 0 bridgehead atoms. The number of nitrogens with one attached hydrogen (secondary N) is 3. The molecule has 0 saturated heterocycles. The lowest BCUT2D eigenvalue weighted by atomic mass is 9.99. The van der Waals surface area contributed by atoms with Crippen LogP contribution >= 0.6 is 0 Å². The molecular formula is C31H27FN6O. The first kappa shape index (κ1) is 24.5. The van der Waals surface area contributed by atoms with E-state index >= 15 is 0 Å². The van der Waals surface area contributed by atoms with Crippen molar-refractivity contribution in [1.82, 2.24) is 25.1 Å². The maximum Gasteiger partial charge on any atom is 0.226 e. The van der Waals surface area contributed by atoms with E-state index in [-0.39, 0.29) is 17.6 Å². The minimum Gasteiger partial charge on any atom is -0.335 e. The Morgan fingerprint density at radius 3 is 2.62 bits per heavy atom. The predicted molar refractivity (Wildman–Crippen MR) is 153 cm³/mol. The molecule has 0 aliphatic heterocycles. The van der Waals surface area contributed by atoms with E-state index in [0.29, 0.717) is 33.7 Å². The third kappa shape index (κ3) is 4.54. The van der Waals surface area contributed by atoms with E-state index < -0.39 is 0 Å². The minimum absolute atomic E-state index is 0.0177. The number of anilines is 1. The molecule has 1 amide bonds. The molecule has 6 rings (SSSR count). The van der Waals surface area contributed by atoms with Crippen LogP contribution in [0.15, 0.2) is 73.1 Å². The van der Waals surface area contributed by atoms with Crippen molar-refractivity contribution in [3.63, 3.8) is 0 Å². The fourth-order valence-corrected chi connectivity index (χ4v) is 4.72. The van der Waals surface area contributed by atoms with Crippen LogP contribution in [0.1, 0.15) is 26.3 Å². The van der Waals surface area contributed by atoms with E-state index in [1.165, 1.54) is 6.07 Å². The van der Waals surface area contributed by atoms with Gasteiger partial charge in [0.2, 0.25) is 5.91 Å². The number of hydrogen-bond donors (Lipinski definition) is 3. The lowest BCUT2D eigenvalue weighted by Crippen LogP contribution is -2.17. The van der Waals surface area contributed by atoms with Crippen LogP contribution in [0.3, 0.4) is 0 Å². The van der Waals surface area contributed by atoms with Gasteiger partial charge in [0.15, 0.2) is 5.82 Å². The van der Waals surface area contributed by atoms with Gasteiger partial charge in [-0.3, -0.25) is 14.9 Å². The second-order valence-corrected chi connectivity index (χ2v) is 9.90. The summed E-state index contributed by atoms with van der Waals surface area (Å²) in [4.78, 5) is 24.8. The molecule has 3 heterocycles. The van der Waals surface area contributed by atoms with Crippen LogP contribution in [0.25, 0.3) is 55.7 Å². The molecule has 0 atom stereocenters. The molecule has 39 heavy (non-hydrogen) atoms.